The minimum absolute atomic E-state index is 0.202. The van der Waals surface area contributed by atoms with Gasteiger partial charge in [0.15, 0.2) is 0 Å². The molecule has 1 aromatic heterocycles. The van der Waals surface area contributed by atoms with Gasteiger partial charge in [-0.1, -0.05) is 6.92 Å². The first-order valence-electron chi connectivity index (χ1n) is 6.12. The van der Waals surface area contributed by atoms with Crippen LogP contribution < -0.4 is 5.73 Å². The van der Waals surface area contributed by atoms with Crippen molar-refractivity contribution in [2.75, 3.05) is 13.1 Å². The maximum atomic E-state index is 5.88. The monoisotopic (exact) mass is 224 g/mol. The summed E-state index contributed by atoms with van der Waals surface area (Å²) in [5.41, 5.74) is 5.88. The fourth-order valence-electron chi connectivity index (χ4n) is 2.08. The van der Waals surface area contributed by atoms with Crippen LogP contribution in [0, 0.1) is 6.92 Å². The fourth-order valence-corrected chi connectivity index (χ4v) is 2.08. The first-order valence-corrected chi connectivity index (χ1v) is 6.12. The molecule has 0 spiro atoms. The average molecular weight is 224 g/mol. The zero-order valence-electron chi connectivity index (χ0n) is 10.9. The molecule has 0 aliphatic rings. The molecule has 2 N–H and O–H groups in total. The van der Waals surface area contributed by atoms with Crippen LogP contribution in [-0.4, -0.2) is 24.0 Å². The lowest BCUT2D eigenvalue weighted by Gasteiger charge is -2.32. The second-order valence-electron chi connectivity index (χ2n) is 4.53. The molecular weight excluding hydrogens is 200 g/mol. The highest BCUT2D eigenvalue weighted by atomic mass is 16.3. The molecule has 0 radical (unpaired) electrons. The third-order valence-electron chi connectivity index (χ3n) is 2.86. The van der Waals surface area contributed by atoms with Gasteiger partial charge in [0.25, 0.3) is 0 Å². The normalized spacial score (nSPS) is 13.7. The van der Waals surface area contributed by atoms with Crippen molar-refractivity contribution in [3.05, 3.63) is 23.7 Å². The quantitative estimate of drug-likeness (QED) is 0.808. The van der Waals surface area contributed by atoms with Crippen molar-refractivity contribution in [1.29, 1.82) is 0 Å². The van der Waals surface area contributed by atoms with Gasteiger partial charge in [-0.05, 0) is 45.9 Å². The van der Waals surface area contributed by atoms with Crippen LogP contribution in [0.15, 0.2) is 16.5 Å². The Morgan fingerprint density at radius 1 is 1.38 bits per heavy atom. The maximum absolute atomic E-state index is 5.88. The topological polar surface area (TPSA) is 42.4 Å². The number of aryl methyl sites for hydroxylation is 1. The van der Waals surface area contributed by atoms with Gasteiger partial charge in [0.2, 0.25) is 0 Å². The Labute approximate surface area is 98.6 Å². The second-order valence-corrected chi connectivity index (χ2v) is 4.53. The van der Waals surface area contributed by atoms with E-state index in [1.54, 1.807) is 0 Å². The van der Waals surface area contributed by atoms with Crippen LogP contribution in [0.5, 0.6) is 0 Å². The second kappa shape index (κ2) is 6.06. The zero-order valence-corrected chi connectivity index (χ0v) is 10.9. The predicted octanol–water partition coefficient (Wildman–Crippen LogP) is 2.71. The number of furan rings is 1. The SMILES string of the molecule is CCCN(C(C)C)C(CN)c1ccc(C)o1. The van der Waals surface area contributed by atoms with E-state index in [4.69, 9.17) is 10.2 Å². The number of rotatable bonds is 6. The van der Waals surface area contributed by atoms with E-state index >= 15 is 0 Å². The Morgan fingerprint density at radius 3 is 2.44 bits per heavy atom. The van der Waals surface area contributed by atoms with E-state index in [1.807, 2.05) is 19.1 Å². The molecule has 1 rings (SSSR count). The lowest BCUT2D eigenvalue weighted by atomic mass is 10.1. The number of hydrogen-bond acceptors (Lipinski definition) is 3. The van der Waals surface area contributed by atoms with Crippen LogP contribution in [0.25, 0.3) is 0 Å². The van der Waals surface area contributed by atoms with Crippen LogP contribution in [0.3, 0.4) is 0 Å². The van der Waals surface area contributed by atoms with Gasteiger partial charge in [0, 0.05) is 12.6 Å². The maximum Gasteiger partial charge on any atom is 0.122 e. The van der Waals surface area contributed by atoms with E-state index in [0.717, 1.165) is 24.5 Å². The van der Waals surface area contributed by atoms with Gasteiger partial charge in [-0.3, -0.25) is 4.90 Å². The van der Waals surface area contributed by atoms with Crippen molar-refractivity contribution >= 4 is 0 Å². The third kappa shape index (κ3) is 3.09. The highest BCUT2D eigenvalue weighted by Gasteiger charge is 2.23. The van der Waals surface area contributed by atoms with Crippen molar-refractivity contribution in [2.24, 2.45) is 5.73 Å². The van der Waals surface area contributed by atoms with E-state index in [0.29, 0.717) is 12.6 Å². The fraction of sp³-hybridized carbons (Fsp3) is 0.692. The Bertz CT molecular complexity index is 307. The smallest absolute Gasteiger partial charge is 0.122 e. The Hall–Kier alpha value is -0.800. The van der Waals surface area contributed by atoms with Crippen molar-refractivity contribution in [1.82, 2.24) is 4.90 Å². The predicted molar refractivity (Wildman–Crippen MR) is 67.4 cm³/mol. The molecule has 1 atom stereocenters. The number of nitrogens with zero attached hydrogens (tertiary/aromatic N) is 1. The lowest BCUT2D eigenvalue weighted by Crippen LogP contribution is -2.39. The minimum Gasteiger partial charge on any atom is -0.465 e. The molecule has 1 heterocycles. The lowest BCUT2D eigenvalue weighted by molar-refractivity contribution is 0.139. The minimum atomic E-state index is 0.202. The molecule has 1 unspecified atom stereocenters. The molecule has 0 aromatic carbocycles. The molecule has 92 valence electrons. The molecule has 0 fully saturated rings. The van der Waals surface area contributed by atoms with E-state index in [-0.39, 0.29) is 6.04 Å². The van der Waals surface area contributed by atoms with E-state index < -0.39 is 0 Å². The van der Waals surface area contributed by atoms with E-state index in [1.165, 1.54) is 0 Å². The largest absolute Gasteiger partial charge is 0.465 e. The Kier molecular flexibility index (Phi) is 5.03. The van der Waals surface area contributed by atoms with Crippen molar-refractivity contribution < 1.29 is 4.42 Å². The van der Waals surface area contributed by atoms with Crippen LogP contribution >= 0.6 is 0 Å². The van der Waals surface area contributed by atoms with Crippen LogP contribution in [0.4, 0.5) is 0 Å². The summed E-state index contributed by atoms with van der Waals surface area (Å²) in [4.78, 5) is 2.40. The van der Waals surface area contributed by atoms with Gasteiger partial charge in [0.1, 0.15) is 11.5 Å². The highest BCUT2D eigenvalue weighted by molar-refractivity contribution is 5.10. The molecule has 3 nitrogen and oxygen atoms in total. The molecule has 16 heavy (non-hydrogen) atoms. The van der Waals surface area contributed by atoms with Crippen molar-refractivity contribution in [3.8, 4) is 0 Å². The Morgan fingerprint density at radius 2 is 2.06 bits per heavy atom. The third-order valence-corrected chi connectivity index (χ3v) is 2.86. The van der Waals surface area contributed by atoms with Gasteiger partial charge >= 0.3 is 0 Å². The molecule has 3 heteroatoms. The van der Waals surface area contributed by atoms with E-state index in [9.17, 15) is 0 Å². The van der Waals surface area contributed by atoms with Crippen molar-refractivity contribution in [2.45, 2.75) is 46.2 Å². The molecular formula is C13H24N2O. The molecule has 1 aromatic rings. The molecule has 0 bridgehead atoms. The summed E-state index contributed by atoms with van der Waals surface area (Å²) in [6, 6.07) is 4.73. The van der Waals surface area contributed by atoms with Gasteiger partial charge in [-0.15, -0.1) is 0 Å². The van der Waals surface area contributed by atoms with Crippen LogP contribution in [0.1, 0.15) is 44.8 Å². The molecule has 0 aliphatic heterocycles. The van der Waals surface area contributed by atoms with Gasteiger partial charge in [-0.25, -0.2) is 0 Å². The first-order chi connectivity index (χ1) is 7.60. The van der Waals surface area contributed by atoms with Gasteiger partial charge in [-0.2, -0.15) is 0 Å². The number of hydrogen-bond donors (Lipinski definition) is 1. The van der Waals surface area contributed by atoms with Gasteiger partial charge < -0.3 is 10.2 Å². The van der Waals surface area contributed by atoms with Gasteiger partial charge in [0.05, 0.1) is 6.04 Å². The summed E-state index contributed by atoms with van der Waals surface area (Å²) in [7, 11) is 0. The first kappa shape index (κ1) is 13.3. The number of nitrogens with two attached hydrogens (primary N) is 1. The summed E-state index contributed by atoms with van der Waals surface area (Å²) in [5, 5.41) is 0. The van der Waals surface area contributed by atoms with Crippen LogP contribution in [0.2, 0.25) is 0 Å². The molecule has 0 amide bonds. The van der Waals surface area contributed by atoms with E-state index in [2.05, 4.69) is 25.7 Å². The Balaban J connectivity index is 2.85. The summed E-state index contributed by atoms with van der Waals surface area (Å²) >= 11 is 0. The average Bonchev–Trinajstić information content (AvgIpc) is 2.64. The summed E-state index contributed by atoms with van der Waals surface area (Å²) in [5.74, 6) is 1.94. The molecule has 0 aliphatic carbocycles. The zero-order chi connectivity index (χ0) is 12.1. The van der Waals surface area contributed by atoms with Crippen molar-refractivity contribution in [3.63, 3.8) is 0 Å². The molecule has 0 saturated heterocycles. The standard InChI is InChI=1S/C13H24N2O/c1-5-8-15(10(2)3)12(9-14)13-7-6-11(4)16-13/h6-7,10,12H,5,8-9,14H2,1-4H3. The summed E-state index contributed by atoms with van der Waals surface area (Å²) in [6.07, 6.45) is 1.13. The highest BCUT2D eigenvalue weighted by Crippen LogP contribution is 2.24. The van der Waals surface area contributed by atoms with Crippen LogP contribution in [-0.2, 0) is 0 Å². The summed E-state index contributed by atoms with van der Waals surface area (Å²) < 4.78 is 5.69. The molecule has 0 saturated carbocycles. The summed E-state index contributed by atoms with van der Waals surface area (Å²) in [6.45, 7) is 10.2.